The standard InChI is InChI=1S/C22H21F2N3O2/c1-13(15-10-21(28)27-11-15)29-20-9-14(8-19-17(20)4-3-7-25-19)18-6-5-16(12-26-18)22(2,23)24/h3-9,12-13,15H,10-11H2,1-2H3,(H,27,28)/t13-,15-/m1/s1. The van der Waals surface area contributed by atoms with E-state index in [-0.39, 0.29) is 23.5 Å². The molecule has 29 heavy (non-hydrogen) atoms. The van der Waals surface area contributed by atoms with Crippen molar-refractivity contribution in [3.8, 4) is 17.0 Å². The van der Waals surface area contributed by atoms with E-state index in [0.29, 0.717) is 24.4 Å². The van der Waals surface area contributed by atoms with Crippen molar-refractivity contribution in [3.05, 3.63) is 54.4 Å². The Morgan fingerprint density at radius 1 is 1.24 bits per heavy atom. The molecule has 0 unspecified atom stereocenters. The number of hydrogen-bond donors (Lipinski definition) is 1. The molecule has 7 heteroatoms. The Hall–Kier alpha value is -3.09. The number of alkyl halides is 2. The van der Waals surface area contributed by atoms with E-state index in [1.165, 1.54) is 12.3 Å². The zero-order valence-electron chi connectivity index (χ0n) is 16.2. The molecule has 1 amide bonds. The molecule has 1 aliphatic heterocycles. The van der Waals surface area contributed by atoms with E-state index in [4.69, 9.17) is 4.74 Å². The number of nitrogens with zero attached hydrogens (tertiary/aromatic N) is 2. The van der Waals surface area contributed by atoms with Gasteiger partial charge in [0.15, 0.2) is 0 Å². The summed E-state index contributed by atoms with van der Waals surface area (Å²) in [7, 11) is 0. The Morgan fingerprint density at radius 2 is 2.07 bits per heavy atom. The van der Waals surface area contributed by atoms with Crippen LogP contribution in [0.25, 0.3) is 22.2 Å². The van der Waals surface area contributed by atoms with E-state index in [1.807, 2.05) is 31.2 Å². The number of aromatic nitrogens is 2. The van der Waals surface area contributed by atoms with Gasteiger partial charge in [-0.05, 0) is 43.3 Å². The Bertz CT molecular complexity index is 1050. The lowest BCUT2D eigenvalue weighted by Crippen LogP contribution is -2.25. The maximum atomic E-state index is 13.5. The largest absolute Gasteiger partial charge is 0.490 e. The molecule has 4 rings (SSSR count). The van der Waals surface area contributed by atoms with E-state index in [9.17, 15) is 13.6 Å². The van der Waals surface area contributed by atoms with Gasteiger partial charge >= 0.3 is 0 Å². The Morgan fingerprint density at radius 3 is 2.72 bits per heavy atom. The van der Waals surface area contributed by atoms with Crippen LogP contribution in [0.3, 0.4) is 0 Å². The second-order valence-corrected chi connectivity index (χ2v) is 7.46. The van der Waals surface area contributed by atoms with E-state index >= 15 is 0 Å². The fraction of sp³-hybridized carbons (Fsp3) is 0.318. The quantitative estimate of drug-likeness (QED) is 0.697. The topological polar surface area (TPSA) is 64.1 Å². The van der Waals surface area contributed by atoms with Crippen molar-refractivity contribution in [3.63, 3.8) is 0 Å². The first-order valence-electron chi connectivity index (χ1n) is 9.48. The average molecular weight is 397 g/mol. The first-order valence-corrected chi connectivity index (χ1v) is 9.48. The van der Waals surface area contributed by atoms with Crippen molar-refractivity contribution in [2.24, 2.45) is 5.92 Å². The van der Waals surface area contributed by atoms with Crippen molar-refractivity contribution < 1.29 is 18.3 Å². The van der Waals surface area contributed by atoms with Crippen LogP contribution in [-0.4, -0.2) is 28.5 Å². The first-order chi connectivity index (χ1) is 13.8. The van der Waals surface area contributed by atoms with E-state index in [0.717, 1.165) is 23.4 Å². The molecule has 1 saturated heterocycles. The van der Waals surface area contributed by atoms with Crippen LogP contribution >= 0.6 is 0 Å². The van der Waals surface area contributed by atoms with E-state index in [1.54, 1.807) is 12.3 Å². The number of carbonyl (C=O) groups excluding carboxylic acids is 1. The number of benzene rings is 1. The minimum absolute atomic E-state index is 0.0303. The summed E-state index contributed by atoms with van der Waals surface area (Å²) in [6.07, 6.45) is 3.14. The number of hydrogen-bond acceptors (Lipinski definition) is 4. The number of amides is 1. The third kappa shape index (κ3) is 4.04. The van der Waals surface area contributed by atoms with Crippen LogP contribution in [-0.2, 0) is 10.7 Å². The van der Waals surface area contributed by atoms with Gasteiger partial charge in [-0.2, -0.15) is 0 Å². The van der Waals surface area contributed by atoms with Gasteiger partial charge in [0.25, 0.3) is 5.92 Å². The summed E-state index contributed by atoms with van der Waals surface area (Å²) in [6.45, 7) is 3.37. The molecule has 0 saturated carbocycles. The van der Waals surface area contributed by atoms with Crippen LogP contribution in [0.4, 0.5) is 8.78 Å². The summed E-state index contributed by atoms with van der Waals surface area (Å²) >= 11 is 0. The Labute approximate surface area is 167 Å². The fourth-order valence-corrected chi connectivity index (χ4v) is 3.47. The van der Waals surface area contributed by atoms with Crippen LogP contribution in [0.1, 0.15) is 25.8 Å². The summed E-state index contributed by atoms with van der Waals surface area (Å²) in [5, 5.41) is 3.67. The van der Waals surface area contributed by atoms with Gasteiger partial charge in [-0.15, -0.1) is 0 Å². The molecule has 2 aromatic heterocycles. The number of rotatable bonds is 5. The molecular weight excluding hydrogens is 376 g/mol. The summed E-state index contributed by atoms with van der Waals surface area (Å²) in [5.74, 6) is -2.19. The van der Waals surface area contributed by atoms with Gasteiger partial charge in [-0.1, -0.05) is 0 Å². The number of nitrogens with one attached hydrogen (secondary N) is 1. The number of ether oxygens (including phenoxy) is 1. The van der Waals surface area contributed by atoms with Crippen LogP contribution in [0.5, 0.6) is 5.75 Å². The molecule has 1 fully saturated rings. The molecule has 1 aliphatic rings. The lowest BCUT2D eigenvalue weighted by Gasteiger charge is -2.21. The van der Waals surface area contributed by atoms with Crippen LogP contribution in [0, 0.1) is 5.92 Å². The van der Waals surface area contributed by atoms with E-state index < -0.39 is 5.92 Å². The second kappa shape index (κ2) is 7.39. The van der Waals surface area contributed by atoms with Gasteiger partial charge in [-0.3, -0.25) is 14.8 Å². The molecule has 150 valence electrons. The van der Waals surface area contributed by atoms with Gasteiger partial charge in [0.05, 0.1) is 11.2 Å². The molecule has 0 bridgehead atoms. The highest BCUT2D eigenvalue weighted by Crippen LogP contribution is 2.34. The van der Waals surface area contributed by atoms with Crippen LogP contribution in [0.15, 0.2) is 48.8 Å². The molecule has 1 aromatic carbocycles. The molecule has 0 aliphatic carbocycles. The van der Waals surface area contributed by atoms with Crippen molar-refractivity contribution in [2.45, 2.75) is 32.3 Å². The molecule has 2 atom stereocenters. The highest BCUT2D eigenvalue weighted by atomic mass is 19.3. The zero-order chi connectivity index (χ0) is 20.6. The molecule has 3 aromatic rings. The SMILES string of the molecule is C[C@@H](Oc1cc(-c2ccc(C(C)(F)F)cn2)cc2ncccc12)[C@H]1CNC(=O)C1. The minimum atomic E-state index is -2.94. The van der Waals surface area contributed by atoms with Gasteiger partial charge in [0.1, 0.15) is 11.9 Å². The summed E-state index contributed by atoms with van der Waals surface area (Å²) in [5.41, 5.74) is 1.87. The smallest absolute Gasteiger partial charge is 0.272 e. The fourth-order valence-electron chi connectivity index (χ4n) is 3.47. The monoisotopic (exact) mass is 397 g/mol. The highest BCUT2D eigenvalue weighted by molar-refractivity contribution is 5.89. The van der Waals surface area contributed by atoms with Gasteiger partial charge in [0, 0.05) is 54.7 Å². The number of fused-ring (bicyclic) bond motifs is 1. The Kier molecular flexibility index (Phi) is 4.90. The van der Waals surface area contributed by atoms with Crippen LogP contribution in [0.2, 0.25) is 0 Å². The lowest BCUT2D eigenvalue weighted by molar-refractivity contribution is -0.119. The van der Waals surface area contributed by atoms with Gasteiger partial charge in [0.2, 0.25) is 5.91 Å². The zero-order valence-corrected chi connectivity index (χ0v) is 16.2. The number of halogens is 2. The Balaban J connectivity index is 1.70. The predicted octanol–water partition coefficient (Wildman–Crippen LogP) is 4.31. The molecule has 1 N–H and O–H groups in total. The van der Waals surface area contributed by atoms with Crippen molar-refractivity contribution >= 4 is 16.8 Å². The van der Waals surface area contributed by atoms with Crippen molar-refractivity contribution in [2.75, 3.05) is 6.54 Å². The lowest BCUT2D eigenvalue weighted by atomic mass is 10.0. The normalized spacial score (nSPS) is 17.9. The second-order valence-electron chi connectivity index (χ2n) is 7.46. The predicted molar refractivity (Wildman–Crippen MR) is 106 cm³/mol. The number of pyridine rings is 2. The van der Waals surface area contributed by atoms with Gasteiger partial charge < -0.3 is 10.1 Å². The molecular formula is C22H21F2N3O2. The molecule has 0 radical (unpaired) electrons. The third-order valence-electron chi connectivity index (χ3n) is 5.23. The van der Waals surface area contributed by atoms with E-state index in [2.05, 4.69) is 15.3 Å². The van der Waals surface area contributed by atoms with Gasteiger partial charge in [-0.25, -0.2) is 8.78 Å². The first kappa shape index (κ1) is 19.2. The summed E-state index contributed by atoms with van der Waals surface area (Å²) in [4.78, 5) is 20.1. The summed E-state index contributed by atoms with van der Waals surface area (Å²) in [6, 6.07) is 10.4. The number of carbonyl (C=O) groups is 1. The van der Waals surface area contributed by atoms with Crippen LogP contribution < -0.4 is 10.1 Å². The molecule has 3 heterocycles. The third-order valence-corrected chi connectivity index (χ3v) is 5.23. The van der Waals surface area contributed by atoms with Crippen molar-refractivity contribution in [1.82, 2.24) is 15.3 Å². The molecule has 0 spiro atoms. The maximum absolute atomic E-state index is 13.5. The van der Waals surface area contributed by atoms with Crippen molar-refractivity contribution in [1.29, 1.82) is 0 Å². The molecule has 5 nitrogen and oxygen atoms in total. The summed E-state index contributed by atoms with van der Waals surface area (Å²) < 4.78 is 33.2. The highest BCUT2D eigenvalue weighted by Gasteiger charge is 2.28. The minimum Gasteiger partial charge on any atom is -0.490 e. The average Bonchev–Trinajstić information content (AvgIpc) is 3.14. The maximum Gasteiger partial charge on any atom is 0.272 e.